The predicted molar refractivity (Wildman–Crippen MR) is 90.4 cm³/mol. The molecule has 1 atom stereocenters. The second-order valence-corrected chi connectivity index (χ2v) is 6.89. The Labute approximate surface area is 131 Å². The van der Waals surface area contributed by atoms with E-state index in [2.05, 4.69) is 94.8 Å². The molecular weight excluding hydrogens is 399 g/mol. The van der Waals surface area contributed by atoms with Crippen LogP contribution in [0.25, 0.3) is 0 Å². The molecule has 0 radical (unpaired) electrons. The molecular formula is C16H16BrI. The Bertz CT molecular complexity index is 549. The van der Waals surface area contributed by atoms with Gasteiger partial charge in [-0.05, 0) is 65.6 Å². The van der Waals surface area contributed by atoms with Crippen molar-refractivity contribution < 1.29 is 0 Å². The van der Waals surface area contributed by atoms with E-state index >= 15 is 0 Å². The molecule has 0 heterocycles. The van der Waals surface area contributed by atoms with Crippen molar-refractivity contribution in [3.05, 3.63) is 68.3 Å². The van der Waals surface area contributed by atoms with Gasteiger partial charge in [-0.15, -0.1) is 0 Å². The maximum atomic E-state index is 3.83. The zero-order valence-corrected chi connectivity index (χ0v) is 14.3. The third-order valence-corrected chi connectivity index (χ3v) is 4.95. The summed E-state index contributed by atoms with van der Waals surface area (Å²) in [6, 6.07) is 15.2. The number of aryl methyl sites for hydroxylation is 2. The van der Waals surface area contributed by atoms with Crippen LogP contribution in [0.5, 0.6) is 0 Å². The summed E-state index contributed by atoms with van der Waals surface area (Å²) in [6.45, 7) is 4.34. The molecule has 0 aliphatic rings. The second kappa shape index (κ2) is 6.20. The van der Waals surface area contributed by atoms with Crippen LogP contribution < -0.4 is 0 Å². The molecule has 94 valence electrons. The molecule has 2 rings (SSSR count). The molecule has 0 spiro atoms. The van der Waals surface area contributed by atoms with Gasteiger partial charge in [0.25, 0.3) is 0 Å². The largest absolute Gasteiger partial charge is 0.0835 e. The first-order chi connectivity index (χ1) is 8.58. The molecule has 0 saturated carbocycles. The molecule has 18 heavy (non-hydrogen) atoms. The standard InChI is InChI=1S/C16H16BrI/c1-11-7-8-12(2)13(9-11)10-15(17)14-5-3-4-6-16(14)18/h3-9,15H,10H2,1-2H3. The minimum atomic E-state index is 0.381. The SMILES string of the molecule is Cc1ccc(C)c(CC(Br)c2ccccc2I)c1. The van der Waals surface area contributed by atoms with E-state index in [1.54, 1.807) is 0 Å². The van der Waals surface area contributed by atoms with E-state index in [0.717, 1.165) is 6.42 Å². The molecule has 0 nitrogen and oxygen atoms in total. The van der Waals surface area contributed by atoms with Gasteiger partial charge in [0.05, 0.1) is 0 Å². The maximum Gasteiger partial charge on any atom is 0.0446 e. The van der Waals surface area contributed by atoms with Crippen molar-refractivity contribution in [2.75, 3.05) is 0 Å². The number of benzene rings is 2. The van der Waals surface area contributed by atoms with Gasteiger partial charge in [-0.2, -0.15) is 0 Å². The Balaban J connectivity index is 2.24. The first-order valence-electron chi connectivity index (χ1n) is 6.02. The Kier molecular flexibility index (Phi) is 4.84. The van der Waals surface area contributed by atoms with Gasteiger partial charge in [-0.1, -0.05) is 57.9 Å². The van der Waals surface area contributed by atoms with Crippen LogP contribution in [0.4, 0.5) is 0 Å². The highest BCUT2D eigenvalue weighted by Gasteiger charge is 2.12. The van der Waals surface area contributed by atoms with Gasteiger partial charge in [-0.25, -0.2) is 0 Å². The quantitative estimate of drug-likeness (QED) is 0.453. The molecule has 0 bridgehead atoms. The van der Waals surface area contributed by atoms with Crippen molar-refractivity contribution in [1.82, 2.24) is 0 Å². The summed E-state index contributed by atoms with van der Waals surface area (Å²) in [5.74, 6) is 0. The molecule has 0 fully saturated rings. The molecule has 2 heteroatoms. The third-order valence-electron chi connectivity index (χ3n) is 3.15. The summed E-state index contributed by atoms with van der Waals surface area (Å²) in [4.78, 5) is 0.381. The average Bonchev–Trinajstić information content (AvgIpc) is 2.34. The first kappa shape index (κ1) is 14.1. The van der Waals surface area contributed by atoms with E-state index in [9.17, 15) is 0 Å². The highest BCUT2D eigenvalue weighted by molar-refractivity contribution is 14.1. The third kappa shape index (κ3) is 3.35. The normalized spacial score (nSPS) is 12.4. The van der Waals surface area contributed by atoms with E-state index < -0.39 is 0 Å². The number of halogens is 2. The topological polar surface area (TPSA) is 0 Å². The van der Waals surface area contributed by atoms with Gasteiger partial charge in [0, 0.05) is 8.40 Å². The summed E-state index contributed by atoms with van der Waals surface area (Å²) >= 11 is 6.23. The van der Waals surface area contributed by atoms with E-state index in [0.29, 0.717) is 4.83 Å². The molecule has 0 amide bonds. The van der Waals surface area contributed by atoms with Crippen LogP contribution >= 0.6 is 38.5 Å². The maximum absolute atomic E-state index is 3.83. The van der Waals surface area contributed by atoms with Gasteiger partial charge >= 0.3 is 0 Å². The fraction of sp³-hybridized carbons (Fsp3) is 0.250. The van der Waals surface area contributed by atoms with E-state index in [4.69, 9.17) is 0 Å². The lowest BCUT2D eigenvalue weighted by Gasteiger charge is -2.14. The fourth-order valence-corrected chi connectivity index (χ4v) is 3.99. The Morgan fingerprint density at radius 1 is 1.11 bits per heavy atom. The van der Waals surface area contributed by atoms with Gasteiger partial charge in [0.2, 0.25) is 0 Å². The van der Waals surface area contributed by atoms with E-state index in [-0.39, 0.29) is 0 Å². The van der Waals surface area contributed by atoms with Gasteiger partial charge in [0.15, 0.2) is 0 Å². The monoisotopic (exact) mass is 414 g/mol. The van der Waals surface area contributed by atoms with E-state index in [1.807, 2.05) is 0 Å². The summed E-state index contributed by atoms with van der Waals surface area (Å²) in [7, 11) is 0. The van der Waals surface area contributed by atoms with Crippen LogP contribution in [0.3, 0.4) is 0 Å². The predicted octanol–water partition coefficient (Wildman–Crippen LogP) is 5.59. The first-order valence-corrected chi connectivity index (χ1v) is 8.02. The highest BCUT2D eigenvalue weighted by Crippen LogP contribution is 2.31. The molecule has 2 aromatic carbocycles. The lowest BCUT2D eigenvalue weighted by Crippen LogP contribution is -2.00. The second-order valence-electron chi connectivity index (χ2n) is 4.62. The molecule has 0 aliphatic heterocycles. The van der Waals surface area contributed by atoms with Crippen molar-refractivity contribution >= 4 is 38.5 Å². The molecule has 1 unspecified atom stereocenters. The van der Waals surface area contributed by atoms with Crippen molar-refractivity contribution in [3.63, 3.8) is 0 Å². The zero-order chi connectivity index (χ0) is 13.1. The number of hydrogen-bond donors (Lipinski definition) is 0. The molecule has 2 aromatic rings. The minimum absolute atomic E-state index is 0.381. The van der Waals surface area contributed by atoms with Crippen LogP contribution in [-0.4, -0.2) is 0 Å². The molecule has 0 N–H and O–H groups in total. The van der Waals surface area contributed by atoms with Crippen LogP contribution in [0, 0.1) is 17.4 Å². The molecule has 0 saturated heterocycles. The van der Waals surface area contributed by atoms with Gasteiger partial charge < -0.3 is 0 Å². The van der Waals surface area contributed by atoms with Crippen LogP contribution in [0.2, 0.25) is 0 Å². The van der Waals surface area contributed by atoms with Crippen LogP contribution in [0.15, 0.2) is 42.5 Å². The Morgan fingerprint density at radius 2 is 1.83 bits per heavy atom. The lowest BCUT2D eigenvalue weighted by molar-refractivity contribution is 0.931. The zero-order valence-electron chi connectivity index (χ0n) is 10.6. The lowest BCUT2D eigenvalue weighted by atomic mass is 9.99. The van der Waals surface area contributed by atoms with Gasteiger partial charge in [0.1, 0.15) is 0 Å². The van der Waals surface area contributed by atoms with Crippen molar-refractivity contribution in [1.29, 1.82) is 0 Å². The smallest absolute Gasteiger partial charge is 0.0446 e. The van der Waals surface area contributed by atoms with Gasteiger partial charge in [-0.3, -0.25) is 0 Å². The summed E-state index contributed by atoms with van der Waals surface area (Å²) < 4.78 is 1.32. The van der Waals surface area contributed by atoms with Crippen LogP contribution in [0.1, 0.15) is 27.1 Å². The van der Waals surface area contributed by atoms with E-state index in [1.165, 1.54) is 25.8 Å². The fourth-order valence-electron chi connectivity index (χ4n) is 2.05. The van der Waals surface area contributed by atoms with Crippen molar-refractivity contribution in [2.24, 2.45) is 0 Å². The summed E-state index contributed by atoms with van der Waals surface area (Å²) in [5.41, 5.74) is 5.50. The summed E-state index contributed by atoms with van der Waals surface area (Å²) in [5, 5.41) is 0. The Morgan fingerprint density at radius 3 is 2.56 bits per heavy atom. The Hall–Kier alpha value is -0.350. The summed E-state index contributed by atoms with van der Waals surface area (Å²) in [6.07, 6.45) is 1.04. The molecule has 0 aliphatic carbocycles. The number of rotatable bonds is 3. The molecule has 0 aromatic heterocycles. The highest BCUT2D eigenvalue weighted by atomic mass is 127. The number of hydrogen-bond acceptors (Lipinski definition) is 0. The minimum Gasteiger partial charge on any atom is -0.0835 e. The number of alkyl halides is 1. The van der Waals surface area contributed by atoms with Crippen molar-refractivity contribution in [2.45, 2.75) is 25.1 Å². The van der Waals surface area contributed by atoms with Crippen molar-refractivity contribution in [3.8, 4) is 0 Å². The average molecular weight is 415 g/mol. The van der Waals surface area contributed by atoms with Crippen LogP contribution in [-0.2, 0) is 6.42 Å².